The fourth-order valence-electron chi connectivity index (χ4n) is 5.49. The van der Waals surface area contributed by atoms with Gasteiger partial charge in [0.15, 0.2) is 23.1 Å². The number of fused-ring (bicyclic) bond motifs is 4. The molecule has 8 aromatic rings. The summed E-state index contributed by atoms with van der Waals surface area (Å²) in [6.45, 7) is 0. The number of hydrogen-bond acceptors (Lipinski definition) is 5. The molecule has 0 aliphatic carbocycles. The fraction of sp³-hybridized carbons (Fsp3) is 0. The van der Waals surface area contributed by atoms with Gasteiger partial charge in [0.1, 0.15) is 0 Å². The zero-order valence-electron chi connectivity index (χ0n) is 22.3. The van der Waals surface area contributed by atoms with Crippen molar-refractivity contribution in [3.63, 3.8) is 0 Å². The summed E-state index contributed by atoms with van der Waals surface area (Å²) in [6.07, 6.45) is 0. The first kappa shape index (κ1) is 24.0. The summed E-state index contributed by atoms with van der Waals surface area (Å²) in [5.74, 6) is 1.68. The van der Waals surface area contributed by atoms with E-state index in [-0.39, 0.29) is 5.56 Å². The van der Waals surface area contributed by atoms with E-state index < -0.39 is 0 Å². The van der Waals surface area contributed by atoms with Gasteiger partial charge in [-0.05, 0) is 29.8 Å². The Kier molecular flexibility index (Phi) is 5.50. The Morgan fingerprint density at radius 3 is 1.60 bits per heavy atom. The molecule has 0 unspecified atom stereocenters. The third-order valence-corrected chi connectivity index (χ3v) is 7.47. The summed E-state index contributed by atoms with van der Waals surface area (Å²) >= 11 is 0. The zero-order valence-corrected chi connectivity index (χ0v) is 22.3. The molecule has 0 aliphatic rings. The zero-order chi connectivity index (χ0) is 28.0. The van der Waals surface area contributed by atoms with Gasteiger partial charge in [-0.25, -0.2) is 19.4 Å². The smallest absolute Gasteiger partial charge is 0.265 e. The lowest BCUT2D eigenvalue weighted by molar-refractivity contribution is 0.654. The Balaban J connectivity index is 1.38. The van der Waals surface area contributed by atoms with E-state index in [0.29, 0.717) is 39.7 Å². The highest BCUT2D eigenvalue weighted by Crippen LogP contribution is 2.35. The van der Waals surface area contributed by atoms with E-state index in [0.717, 1.165) is 33.2 Å². The number of rotatable bonds is 4. The molecule has 0 amide bonds. The van der Waals surface area contributed by atoms with Crippen LogP contribution in [0.2, 0.25) is 0 Å². The first-order chi connectivity index (χ1) is 20.7. The van der Waals surface area contributed by atoms with Crippen molar-refractivity contribution >= 4 is 27.6 Å². The Labute approximate surface area is 240 Å². The van der Waals surface area contributed by atoms with Gasteiger partial charge in [-0.3, -0.25) is 4.79 Å². The van der Waals surface area contributed by atoms with Crippen LogP contribution >= 0.6 is 0 Å². The number of hydrogen-bond donors (Lipinski definition) is 0. The normalized spacial score (nSPS) is 11.4. The number of oxazole rings is 1. The molecular formula is C36H22N4O2. The van der Waals surface area contributed by atoms with Gasteiger partial charge in [0.25, 0.3) is 5.56 Å². The molecule has 3 heterocycles. The fourth-order valence-corrected chi connectivity index (χ4v) is 5.49. The van der Waals surface area contributed by atoms with Crippen LogP contribution in [0.3, 0.4) is 0 Å². The molecule has 0 atom stereocenters. The van der Waals surface area contributed by atoms with Crippen LogP contribution in [-0.2, 0) is 0 Å². The largest absolute Gasteiger partial charge is 0.437 e. The number of nitrogens with zero attached hydrogens (tertiary/aromatic N) is 4. The lowest BCUT2D eigenvalue weighted by Gasteiger charge is -2.08. The van der Waals surface area contributed by atoms with Crippen molar-refractivity contribution in [3.05, 3.63) is 144 Å². The molecular weight excluding hydrogens is 520 g/mol. The second-order valence-electron chi connectivity index (χ2n) is 10.1. The van der Waals surface area contributed by atoms with E-state index in [1.54, 1.807) is 4.40 Å². The Morgan fingerprint density at radius 2 is 1.00 bits per heavy atom. The second kappa shape index (κ2) is 9.64. The summed E-state index contributed by atoms with van der Waals surface area (Å²) in [7, 11) is 0. The van der Waals surface area contributed by atoms with Crippen molar-refractivity contribution in [1.29, 1.82) is 0 Å². The molecule has 0 aliphatic heterocycles. The number of benzene rings is 5. The average Bonchev–Trinajstić information content (AvgIpc) is 3.45. The molecule has 42 heavy (non-hydrogen) atoms. The molecule has 6 nitrogen and oxygen atoms in total. The van der Waals surface area contributed by atoms with Crippen molar-refractivity contribution < 1.29 is 4.42 Å². The molecule has 3 aromatic heterocycles. The Morgan fingerprint density at radius 1 is 0.500 bits per heavy atom. The highest BCUT2D eigenvalue weighted by Gasteiger charge is 2.20. The van der Waals surface area contributed by atoms with Crippen molar-refractivity contribution in [2.75, 3.05) is 0 Å². The van der Waals surface area contributed by atoms with Crippen molar-refractivity contribution in [1.82, 2.24) is 19.4 Å². The molecule has 6 heteroatoms. The monoisotopic (exact) mass is 542 g/mol. The number of pyridine rings is 1. The van der Waals surface area contributed by atoms with Crippen LogP contribution in [0, 0.1) is 0 Å². The van der Waals surface area contributed by atoms with Crippen LogP contribution < -0.4 is 5.56 Å². The molecule has 0 N–H and O–H groups in total. The van der Waals surface area contributed by atoms with Crippen molar-refractivity contribution in [2.24, 2.45) is 0 Å². The topological polar surface area (TPSA) is 73.3 Å². The van der Waals surface area contributed by atoms with Gasteiger partial charge in [0, 0.05) is 27.5 Å². The maximum atomic E-state index is 13.8. The minimum atomic E-state index is -0.121. The van der Waals surface area contributed by atoms with Gasteiger partial charge < -0.3 is 4.42 Å². The van der Waals surface area contributed by atoms with Crippen LogP contribution in [-0.4, -0.2) is 19.4 Å². The van der Waals surface area contributed by atoms with Crippen LogP contribution in [0.15, 0.2) is 143 Å². The first-order valence-electron chi connectivity index (χ1n) is 13.7. The average molecular weight is 543 g/mol. The maximum absolute atomic E-state index is 13.8. The third-order valence-electron chi connectivity index (χ3n) is 7.47. The molecule has 0 saturated heterocycles. The van der Waals surface area contributed by atoms with Gasteiger partial charge in [-0.2, -0.15) is 0 Å². The molecule has 0 saturated carbocycles. The maximum Gasteiger partial charge on any atom is 0.265 e. The van der Waals surface area contributed by atoms with E-state index in [9.17, 15) is 4.79 Å². The van der Waals surface area contributed by atoms with Gasteiger partial charge in [0.2, 0.25) is 5.71 Å². The Bertz CT molecular complexity index is 2250. The first-order valence-corrected chi connectivity index (χ1v) is 13.7. The van der Waals surface area contributed by atoms with Gasteiger partial charge >= 0.3 is 0 Å². The van der Waals surface area contributed by atoms with Crippen LogP contribution in [0.1, 0.15) is 0 Å². The van der Waals surface area contributed by atoms with E-state index in [1.807, 2.05) is 133 Å². The molecule has 8 rings (SSSR count). The summed E-state index contributed by atoms with van der Waals surface area (Å²) < 4.78 is 8.18. The lowest BCUT2D eigenvalue weighted by Crippen LogP contribution is -2.13. The summed E-state index contributed by atoms with van der Waals surface area (Å²) in [6, 6.07) is 43.2. The highest BCUT2D eigenvalue weighted by molar-refractivity contribution is 6.03. The summed E-state index contributed by atoms with van der Waals surface area (Å²) in [4.78, 5) is 28.3. The standard InChI is InChI=1S/C36H22N4O2/c41-35-28-19-11-10-18-27(28)31(23-12-4-1-5-13-23)36-40(35)29-21-20-26(22-30(29)42-36)34-38-32(24-14-6-2-7-15-24)37-33(39-34)25-16-8-3-9-17-25/h1-22H. The summed E-state index contributed by atoms with van der Waals surface area (Å²) in [5.41, 5.74) is 6.04. The second-order valence-corrected chi connectivity index (χ2v) is 10.1. The highest BCUT2D eigenvalue weighted by atomic mass is 16.3. The predicted octanol–water partition coefficient (Wildman–Crippen LogP) is 8.05. The third kappa shape index (κ3) is 3.89. The Hall–Kier alpha value is -5.88. The molecule has 0 spiro atoms. The van der Waals surface area contributed by atoms with Gasteiger partial charge in [-0.15, -0.1) is 0 Å². The van der Waals surface area contributed by atoms with Gasteiger partial charge in [0.05, 0.1) is 11.1 Å². The van der Waals surface area contributed by atoms with Crippen LogP contribution in [0.4, 0.5) is 0 Å². The van der Waals surface area contributed by atoms with Crippen LogP contribution in [0.25, 0.3) is 72.9 Å². The van der Waals surface area contributed by atoms with E-state index in [4.69, 9.17) is 19.4 Å². The van der Waals surface area contributed by atoms with Crippen molar-refractivity contribution in [3.8, 4) is 45.3 Å². The lowest BCUT2D eigenvalue weighted by atomic mass is 10.0. The molecule has 0 radical (unpaired) electrons. The van der Waals surface area contributed by atoms with E-state index in [1.165, 1.54) is 0 Å². The van der Waals surface area contributed by atoms with Crippen molar-refractivity contribution in [2.45, 2.75) is 0 Å². The SMILES string of the molecule is O=c1c2ccccc2c(-c2ccccc2)c2oc3cc(-c4nc(-c5ccccc5)nc(-c5ccccc5)n4)ccc3n12. The molecule has 0 fully saturated rings. The minimum Gasteiger partial charge on any atom is -0.437 e. The van der Waals surface area contributed by atoms with E-state index in [2.05, 4.69) is 0 Å². The number of aromatic nitrogens is 4. The van der Waals surface area contributed by atoms with E-state index >= 15 is 0 Å². The van der Waals surface area contributed by atoms with Gasteiger partial charge in [-0.1, -0.05) is 109 Å². The predicted molar refractivity (Wildman–Crippen MR) is 166 cm³/mol. The summed E-state index contributed by atoms with van der Waals surface area (Å²) in [5, 5.41) is 1.49. The quantitative estimate of drug-likeness (QED) is 0.225. The minimum absolute atomic E-state index is 0.121. The molecule has 198 valence electrons. The molecule has 0 bridgehead atoms. The molecule has 5 aromatic carbocycles. The van der Waals surface area contributed by atoms with Crippen LogP contribution in [0.5, 0.6) is 0 Å².